The normalized spacial score (nSPS) is 16.8. The average Bonchev–Trinajstić information content (AvgIpc) is 2.83. The third-order valence-electron chi connectivity index (χ3n) is 5.83. The lowest BCUT2D eigenvalue weighted by Crippen LogP contribution is -2.47. The number of carbonyl (C=O) groups is 3. The highest BCUT2D eigenvalue weighted by atomic mass is 16.6. The van der Waals surface area contributed by atoms with Crippen LogP contribution in [0.3, 0.4) is 0 Å². The summed E-state index contributed by atoms with van der Waals surface area (Å²) in [4.78, 5) is 51.1. The van der Waals surface area contributed by atoms with E-state index in [1.807, 2.05) is 4.90 Å². The van der Waals surface area contributed by atoms with Gasteiger partial charge in [0.15, 0.2) is 6.61 Å². The number of nitrogens with zero attached hydrogens (tertiary/aromatic N) is 3. The molecule has 0 atom stereocenters. The van der Waals surface area contributed by atoms with Gasteiger partial charge >= 0.3 is 12.1 Å². The maximum atomic E-state index is 12.7. The Bertz CT molecular complexity index is 877. The summed E-state index contributed by atoms with van der Waals surface area (Å²) in [6, 6.07) is 4.01. The van der Waals surface area contributed by atoms with Gasteiger partial charge < -0.3 is 24.6 Å². The van der Waals surface area contributed by atoms with Gasteiger partial charge in [0.05, 0.1) is 22.8 Å². The van der Waals surface area contributed by atoms with Crippen LogP contribution in [0, 0.1) is 10.1 Å². The molecule has 2 amide bonds. The first-order valence-corrected chi connectivity index (χ1v) is 11.3. The van der Waals surface area contributed by atoms with Crippen LogP contribution < -0.4 is 10.2 Å². The molecule has 1 N–H and O–H groups in total. The molecular formula is C22H30N4O7. The number of carbonyl (C=O) groups excluding carboxylic acids is 3. The zero-order valence-corrected chi connectivity index (χ0v) is 18.8. The quantitative estimate of drug-likeness (QED) is 0.371. The van der Waals surface area contributed by atoms with Gasteiger partial charge in [-0.3, -0.25) is 14.9 Å². The molecule has 0 saturated carbocycles. The van der Waals surface area contributed by atoms with Gasteiger partial charge in [0, 0.05) is 44.4 Å². The van der Waals surface area contributed by atoms with E-state index in [9.17, 15) is 24.5 Å². The number of piperidine rings is 2. The number of anilines is 1. The van der Waals surface area contributed by atoms with Gasteiger partial charge in [0.1, 0.15) is 0 Å². The van der Waals surface area contributed by atoms with Crippen molar-refractivity contribution in [3.05, 3.63) is 33.9 Å². The molecule has 2 aliphatic heterocycles. The number of nitro benzene ring substituents is 1. The summed E-state index contributed by atoms with van der Waals surface area (Å²) in [6.45, 7) is 4.01. The van der Waals surface area contributed by atoms with Crippen LogP contribution in [0.1, 0.15) is 49.4 Å². The Kier molecular flexibility index (Phi) is 8.45. The number of benzene rings is 1. The highest BCUT2D eigenvalue weighted by Crippen LogP contribution is 2.28. The van der Waals surface area contributed by atoms with E-state index in [1.165, 1.54) is 12.1 Å². The van der Waals surface area contributed by atoms with E-state index in [1.54, 1.807) is 17.9 Å². The van der Waals surface area contributed by atoms with Crippen molar-refractivity contribution in [2.24, 2.45) is 0 Å². The molecule has 11 nitrogen and oxygen atoms in total. The lowest BCUT2D eigenvalue weighted by Gasteiger charge is -2.31. The molecule has 0 aliphatic carbocycles. The first-order chi connectivity index (χ1) is 15.9. The average molecular weight is 463 g/mol. The number of likely N-dealkylation sites (tertiary alicyclic amines) is 1. The maximum Gasteiger partial charge on any atom is 0.409 e. The number of hydrogen-bond donors (Lipinski definition) is 1. The minimum atomic E-state index is -0.772. The Morgan fingerprint density at radius 3 is 2.42 bits per heavy atom. The summed E-state index contributed by atoms with van der Waals surface area (Å²) in [5, 5.41) is 14.0. The lowest BCUT2D eigenvalue weighted by atomic mass is 10.1. The van der Waals surface area contributed by atoms with Crippen molar-refractivity contribution in [1.82, 2.24) is 10.2 Å². The molecule has 2 saturated heterocycles. The van der Waals surface area contributed by atoms with Gasteiger partial charge in [-0.2, -0.15) is 0 Å². The van der Waals surface area contributed by atoms with Gasteiger partial charge in [-0.25, -0.2) is 9.59 Å². The van der Waals surface area contributed by atoms with E-state index in [2.05, 4.69) is 5.32 Å². The van der Waals surface area contributed by atoms with Crippen LogP contribution in [-0.4, -0.2) is 73.2 Å². The fourth-order valence-corrected chi connectivity index (χ4v) is 4.11. The fourth-order valence-electron chi connectivity index (χ4n) is 4.11. The first-order valence-electron chi connectivity index (χ1n) is 11.3. The molecule has 0 radical (unpaired) electrons. The Labute approximate surface area is 192 Å². The molecule has 0 bridgehead atoms. The predicted molar refractivity (Wildman–Crippen MR) is 119 cm³/mol. The first kappa shape index (κ1) is 24.3. The molecule has 1 aromatic rings. The van der Waals surface area contributed by atoms with E-state index >= 15 is 0 Å². The number of ether oxygens (including phenoxy) is 2. The van der Waals surface area contributed by atoms with E-state index in [0.717, 1.165) is 32.4 Å². The Morgan fingerprint density at radius 1 is 1.09 bits per heavy atom. The molecule has 11 heteroatoms. The molecule has 2 aliphatic rings. The van der Waals surface area contributed by atoms with E-state index in [0.29, 0.717) is 38.2 Å². The molecule has 0 unspecified atom stereocenters. The van der Waals surface area contributed by atoms with Gasteiger partial charge in [0.2, 0.25) is 0 Å². The summed E-state index contributed by atoms with van der Waals surface area (Å²) in [7, 11) is 0. The Morgan fingerprint density at radius 2 is 1.79 bits per heavy atom. The SMILES string of the molecule is CCOC(=O)N1CCC(NC(=O)COC(=O)c2cc([N+](=O)[O-])ccc2N2CCCCC2)CC1. The molecule has 2 fully saturated rings. The van der Waals surface area contributed by atoms with E-state index < -0.39 is 23.4 Å². The van der Waals surface area contributed by atoms with Crippen molar-refractivity contribution in [3.63, 3.8) is 0 Å². The number of nitro groups is 1. The topological polar surface area (TPSA) is 131 Å². The van der Waals surface area contributed by atoms with Crippen molar-refractivity contribution < 1.29 is 28.8 Å². The minimum Gasteiger partial charge on any atom is -0.452 e. The molecule has 0 spiro atoms. The number of hydrogen-bond acceptors (Lipinski definition) is 8. The molecule has 33 heavy (non-hydrogen) atoms. The Hall–Kier alpha value is -3.37. The zero-order valence-electron chi connectivity index (χ0n) is 18.8. The summed E-state index contributed by atoms with van der Waals surface area (Å²) in [5.74, 6) is -1.23. The summed E-state index contributed by atoms with van der Waals surface area (Å²) in [5.41, 5.74) is 0.458. The molecule has 180 valence electrons. The van der Waals surface area contributed by atoms with Crippen LogP contribution in [0.15, 0.2) is 18.2 Å². The predicted octanol–water partition coefficient (Wildman–Crippen LogP) is 2.48. The number of rotatable bonds is 7. The fraction of sp³-hybridized carbons (Fsp3) is 0.591. The van der Waals surface area contributed by atoms with Crippen LogP contribution in [0.4, 0.5) is 16.2 Å². The zero-order chi connectivity index (χ0) is 23.8. The van der Waals surface area contributed by atoms with Crippen LogP contribution >= 0.6 is 0 Å². The van der Waals surface area contributed by atoms with Gasteiger partial charge in [0.25, 0.3) is 11.6 Å². The standard InChI is InChI=1S/C22H30N4O7/c1-2-32-22(29)25-12-8-16(9-13-25)23-20(27)15-33-21(28)18-14-17(26(30)31)6-7-19(18)24-10-4-3-5-11-24/h6-7,14,16H,2-5,8-13,15H2,1H3,(H,23,27). The minimum absolute atomic E-state index is 0.0849. The van der Waals surface area contributed by atoms with Crippen LogP contribution in [0.5, 0.6) is 0 Å². The van der Waals surface area contributed by atoms with E-state index in [4.69, 9.17) is 9.47 Å². The van der Waals surface area contributed by atoms with E-state index in [-0.39, 0.29) is 23.4 Å². The summed E-state index contributed by atoms with van der Waals surface area (Å²) in [6.07, 6.45) is 3.83. The molecule has 1 aromatic carbocycles. The highest BCUT2D eigenvalue weighted by molar-refractivity contribution is 5.97. The van der Waals surface area contributed by atoms with Crippen molar-refractivity contribution >= 4 is 29.3 Å². The maximum absolute atomic E-state index is 12.7. The number of nitrogens with one attached hydrogen (secondary N) is 1. The molecule has 0 aromatic heterocycles. The van der Waals surface area contributed by atoms with Crippen LogP contribution in [0.25, 0.3) is 0 Å². The second kappa shape index (κ2) is 11.5. The largest absolute Gasteiger partial charge is 0.452 e. The van der Waals surface area contributed by atoms with Crippen molar-refractivity contribution in [2.75, 3.05) is 44.3 Å². The van der Waals surface area contributed by atoms with Gasteiger partial charge in [-0.05, 0) is 45.1 Å². The Balaban J connectivity index is 1.55. The second-order valence-electron chi connectivity index (χ2n) is 8.11. The number of non-ortho nitro benzene ring substituents is 1. The third-order valence-corrected chi connectivity index (χ3v) is 5.83. The lowest BCUT2D eigenvalue weighted by molar-refractivity contribution is -0.384. The number of amides is 2. The van der Waals surface area contributed by atoms with Gasteiger partial charge in [-0.15, -0.1) is 0 Å². The second-order valence-corrected chi connectivity index (χ2v) is 8.11. The third kappa shape index (κ3) is 6.56. The molecular weight excluding hydrogens is 432 g/mol. The van der Waals surface area contributed by atoms with Crippen LogP contribution in [0.2, 0.25) is 0 Å². The molecule has 3 rings (SSSR count). The van der Waals surface area contributed by atoms with Crippen molar-refractivity contribution in [1.29, 1.82) is 0 Å². The smallest absolute Gasteiger partial charge is 0.409 e. The monoisotopic (exact) mass is 462 g/mol. The summed E-state index contributed by atoms with van der Waals surface area (Å²) < 4.78 is 10.2. The van der Waals surface area contributed by atoms with Crippen molar-refractivity contribution in [2.45, 2.75) is 45.1 Å². The van der Waals surface area contributed by atoms with Gasteiger partial charge in [-0.1, -0.05) is 0 Å². The van der Waals surface area contributed by atoms with Crippen molar-refractivity contribution in [3.8, 4) is 0 Å². The summed E-state index contributed by atoms with van der Waals surface area (Å²) >= 11 is 0. The van der Waals surface area contributed by atoms with Crippen LogP contribution in [-0.2, 0) is 14.3 Å². The number of esters is 1. The molecule has 2 heterocycles. The highest BCUT2D eigenvalue weighted by Gasteiger charge is 2.26.